The molecule has 0 radical (unpaired) electrons. The molecule has 2 aromatic carbocycles. The molecule has 0 unspecified atom stereocenters. The summed E-state index contributed by atoms with van der Waals surface area (Å²) >= 11 is 0. The SMILES string of the molecule is CCOc1ccccc1OCCCn1c(CO)nc2cc(C)c(C)cc21. The Hall–Kier alpha value is -2.53. The summed E-state index contributed by atoms with van der Waals surface area (Å²) in [5, 5.41) is 9.66. The molecule has 3 rings (SSSR count). The minimum Gasteiger partial charge on any atom is -0.490 e. The molecule has 1 aromatic heterocycles. The summed E-state index contributed by atoms with van der Waals surface area (Å²) < 4.78 is 13.6. The van der Waals surface area contributed by atoms with Crippen molar-refractivity contribution < 1.29 is 14.6 Å². The summed E-state index contributed by atoms with van der Waals surface area (Å²) in [4.78, 5) is 4.56. The van der Waals surface area contributed by atoms with Crippen molar-refractivity contribution in [1.82, 2.24) is 9.55 Å². The first kappa shape index (κ1) is 18.3. The van der Waals surface area contributed by atoms with Gasteiger partial charge in [-0.3, -0.25) is 0 Å². The highest BCUT2D eigenvalue weighted by Gasteiger charge is 2.11. The van der Waals surface area contributed by atoms with Crippen LogP contribution in [0.3, 0.4) is 0 Å². The number of imidazole rings is 1. The molecule has 0 aliphatic heterocycles. The fraction of sp³-hybridized carbons (Fsp3) is 0.381. The fourth-order valence-corrected chi connectivity index (χ4v) is 3.05. The lowest BCUT2D eigenvalue weighted by molar-refractivity contribution is 0.256. The highest BCUT2D eigenvalue weighted by atomic mass is 16.5. The second kappa shape index (κ2) is 8.23. The Labute approximate surface area is 154 Å². The maximum Gasteiger partial charge on any atom is 0.161 e. The van der Waals surface area contributed by atoms with Gasteiger partial charge in [0.2, 0.25) is 0 Å². The third-order valence-electron chi connectivity index (χ3n) is 4.52. The number of rotatable bonds is 8. The number of hydrogen-bond donors (Lipinski definition) is 1. The van der Waals surface area contributed by atoms with Crippen LogP contribution in [0.2, 0.25) is 0 Å². The maximum atomic E-state index is 9.66. The number of benzene rings is 2. The van der Waals surface area contributed by atoms with Crippen molar-refractivity contribution in [2.75, 3.05) is 13.2 Å². The van der Waals surface area contributed by atoms with Gasteiger partial charge in [0.15, 0.2) is 11.5 Å². The smallest absolute Gasteiger partial charge is 0.161 e. The fourth-order valence-electron chi connectivity index (χ4n) is 3.05. The quantitative estimate of drug-likeness (QED) is 0.621. The Balaban J connectivity index is 1.69. The van der Waals surface area contributed by atoms with Crippen LogP contribution in [0.4, 0.5) is 0 Å². The van der Waals surface area contributed by atoms with Gasteiger partial charge in [0.05, 0.1) is 24.2 Å². The zero-order valence-electron chi connectivity index (χ0n) is 15.7. The molecule has 0 atom stereocenters. The van der Waals surface area contributed by atoms with Gasteiger partial charge in [-0.05, 0) is 62.6 Å². The summed E-state index contributed by atoms with van der Waals surface area (Å²) in [7, 11) is 0. The summed E-state index contributed by atoms with van der Waals surface area (Å²) in [6, 6.07) is 11.9. The lowest BCUT2D eigenvalue weighted by atomic mass is 10.1. The molecule has 0 aliphatic carbocycles. The molecule has 0 saturated carbocycles. The van der Waals surface area contributed by atoms with Crippen LogP contribution in [0.25, 0.3) is 11.0 Å². The molecule has 0 amide bonds. The zero-order chi connectivity index (χ0) is 18.5. The van der Waals surface area contributed by atoms with Gasteiger partial charge in [-0.2, -0.15) is 0 Å². The molecule has 3 aromatic rings. The predicted octanol–water partition coefficient (Wildman–Crippen LogP) is 4.01. The van der Waals surface area contributed by atoms with E-state index in [0.717, 1.165) is 35.5 Å². The average molecular weight is 354 g/mol. The molecule has 138 valence electrons. The zero-order valence-corrected chi connectivity index (χ0v) is 15.7. The second-order valence-electron chi connectivity index (χ2n) is 6.34. The van der Waals surface area contributed by atoms with E-state index in [0.29, 0.717) is 19.0 Å². The van der Waals surface area contributed by atoms with Crippen molar-refractivity contribution in [2.45, 2.75) is 40.3 Å². The van der Waals surface area contributed by atoms with Crippen LogP contribution in [-0.4, -0.2) is 27.9 Å². The van der Waals surface area contributed by atoms with Gasteiger partial charge in [0.25, 0.3) is 0 Å². The topological polar surface area (TPSA) is 56.5 Å². The number of aliphatic hydroxyl groups excluding tert-OH is 1. The van der Waals surface area contributed by atoms with Crippen LogP contribution in [-0.2, 0) is 13.2 Å². The van der Waals surface area contributed by atoms with Gasteiger partial charge < -0.3 is 19.1 Å². The summed E-state index contributed by atoms with van der Waals surface area (Å²) in [6.07, 6.45) is 0.811. The van der Waals surface area contributed by atoms with Crippen molar-refractivity contribution in [3.05, 3.63) is 53.3 Å². The summed E-state index contributed by atoms with van der Waals surface area (Å²) in [6.45, 7) is 7.99. The normalized spacial score (nSPS) is 11.1. The van der Waals surface area contributed by atoms with Crippen molar-refractivity contribution >= 4 is 11.0 Å². The lowest BCUT2D eigenvalue weighted by Crippen LogP contribution is -2.08. The molecule has 26 heavy (non-hydrogen) atoms. The first-order valence-corrected chi connectivity index (χ1v) is 9.06. The highest BCUT2D eigenvalue weighted by Crippen LogP contribution is 2.26. The van der Waals surface area contributed by atoms with E-state index in [9.17, 15) is 5.11 Å². The first-order chi connectivity index (χ1) is 12.6. The molecule has 1 N–H and O–H groups in total. The van der Waals surface area contributed by atoms with Crippen molar-refractivity contribution in [2.24, 2.45) is 0 Å². The van der Waals surface area contributed by atoms with Crippen LogP contribution in [0.15, 0.2) is 36.4 Å². The van der Waals surface area contributed by atoms with Crippen LogP contribution in [0.1, 0.15) is 30.3 Å². The van der Waals surface area contributed by atoms with E-state index < -0.39 is 0 Å². The number of ether oxygens (including phenoxy) is 2. The maximum absolute atomic E-state index is 9.66. The van der Waals surface area contributed by atoms with E-state index in [4.69, 9.17) is 9.47 Å². The van der Waals surface area contributed by atoms with Crippen LogP contribution >= 0.6 is 0 Å². The monoisotopic (exact) mass is 354 g/mol. The number of aryl methyl sites for hydroxylation is 3. The third-order valence-corrected chi connectivity index (χ3v) is 4.52. The van der Waals surface area contributed by atoms with Gasteiger partial charge >= 0.3 is 0 Å². The molecular weight excluding hydrogens is 328 g/mol. The second-order valence-corrected chi connectivity index (χ2v) is 6.34. The van der Waals surface area contributed by atoms with Crippen molar-refractivity contribution in [3.63, 3.8) is 0 Å². The molecule has 5 nitrogen and oxygen atoms in total. The van der Waals surface area contributed by atoms with Gasteiger partial charge in [0.1, 0.15) is 12.4 Å². The van der Waals surface area contributed by atoms with E-state index in [2.05, 4.69) is 35.5 Å². The number of hydrogen-bond acceptors (Lipinski definition) is 4. The van der Waals surface area contributed by atoms with E-state index >= 15 is 0 Å². The first-order valence-electron chi connectivity index (χ1n) is 9.06. The molecule has 1 heterocycles. The largest absolute Gasteiger partial charge is 0.490 e. The summed E-state index contributed by atoms with van der Waals surface area (Å²) in [5.41, 5.74) is 4.43. The predicted molar refractivity (Wildman–Crippen MR) is 103 cm³/mol. The number of aliphatic hydroxyl groups is 1. The standard InChI is InChI=1S/C21H26N2O3/c1-4-25-19-8-5-6-9-20(19)26-11-7-10-23-18-13-16(3)15(2)12-17(18)22-21(23)14-24/h5-6,8-9,12-13,24H,4,7,10-11,14H2,1-3H3. The van der Waals surface area contributed by atoms with Crippen LogP contribution in [0.5, 0.6) is 11.5 Å². The van der Waals surface area contributed by atoms with Crippen LogP contribution in [0, 0.1) is 13.8 Å². The molecule has 5 heteroatoms. The Kier molecular flexibility index (Phi) is 5.78. The number of nitrogens with zero attached hydrogens (tertiary/aromatic N) is 2. The number of fused-ring (bicyclic) bond motifs is 1. The van der Waals surface area contributed by atoms with Gasteiger partial charge in [0, 0.05) is 6.54 Å². The Bertz CT molecular complexity index is 886. The minimum absolute atomic E-state index is 0.0686. The summed E-state index contributed by atoms with van der Waals surface area (Å²) in [5.74, 6) is 2.23. The molecular formula is C21H26N2O3. The highest BCUT2D eigenvalue weighted by molar-refractivity contribution is 5.78. The Morgan fingerprint density at radius 3 is 2.42 bits per heavy atom. The molecule has 0 aliphatic rings. The minimum atomic E-state index is -0.0686. The Morgan fingerprint density at radius 2 is 1.73 bits per heavy atom. The van der Waals surface area contributed by atoms with Gasteiger partial charge in [-0.15, -0.1) is 0 Å². The van der Waals surface area contributed by atoms with Gasteiger partial charge in [-0.25, -0.2) is 4.98 Å². The molecule has 0 spiro atoms. The van der Waals surface area contributed by atoms with E-state index in [1.165, 1.54) is 11.1 Å². The average Bonchev–Trinajstić information content (AvgIpc) is 2.97. The van der Waals surface area contributed by atoms with E-state index in [-0.39, 0.29) is 6.61 Å². The Morgan fingerprint density at radius 1 is 1.04 bits per heavy atom. The van der Waals surface area contributed by atoms with E-state index in [1.807, 2.05) is 31.2 Å². The third kappa shape index (κ3) is 3.83. The molecule has 0 fully saturated rings. The van der Waals surface area contributed by atoms with Crippen molar-refractivity contribution in [1.29, 1.82) is 0 Å². The number of para-hydroxylation sites is 2. The van der Waals surface area contributed by atoms with Crippen molar-refractivity contribution in [3.8, 4) is 11.5 Å². The van der Waals surface area contributed by atoms with Crippen LogP contribution < -0.4 is 9.47 Å². The number of aromatic nitrogens is 2. The van der Waals surface area contributed by atoms with E-state index in [1.54, 1.807) is 0 Å². The molecule has 0 bridgehead atoms. The molecule has 0 saturated heterocycles. The van der Waals surface area contributed by atoms with Gasteiger partial charge in [-0.1, -0.05) is 12.1 Å². The lowest BCUT2D eigenvalue weighted by Gasteiger charge is -2.12.